The van der Waals surface area contributed by atoms with E-state index in [0.29, 0.717) is 12.0 Å². The van der Waals surface area contributed by atoms with Gasteiger partial charge in [-0.25, -0.2) is 0 Å². The number of carbonyl (C=O) groups is 1. The van der Waals surface area contributed by atoms with Crippen molar-refractivity contribution in [1.29, 1.82) is 0 Å². The van der Waals surface area contributed by atoms with Crippen LogP contribution >= 0.6 is 0 Å². The Bertz CT molecular complexity index is 418. The van der Waals surface area contributed by atoms with Crippen LogP contribution in [0.4, 0.5) is 0 Å². The van der Waals surface area contributed by atoms with Gasteiger partial charge in [0.25, 0.3) is 0 Å². The van der Waals surface area contributed by atoms with Gasteiger partial charge in [0.05, 0.1) is 13.4 Å². The summed E-state index contributed by atoms with van der Waals surface area (Å²) in [6.45, 7) is 5.56. The smallest absolute Gasteiger partial charge is 0.161 e. The molecule has 1 aromatic rings. The van der Waals surface area contributed by atoms with Crippen molar-refractivity contribution in [2.24, 2.45) is 0 Å². The predicted octanol–water partition coefficient (Wildman–Crippen LogP) is 3.66. The zero-order valence-electron chi connectivity index (χ0n) is 11.4. The maximum Gasteiger partial charge on any atom is 0.161 e. The van der Waals surface area contributed by atoms with E-state index in [1.807, 2.05) is 38.1 Å². The molecule has 18 heavy (non-hydrogen) atoms. The third-order valence-corrected chi connectivity index (χ3v) is 2.80. The Morgan fingerprint density at radius 3 is 2.44 bits per heavy atom. The van der Waals surface area contributed by atoms with E-state index >= 15 is 0 Å². The molecule has 0 N–H and O–H groups in total. The van der Waals surface area contributed by atoms with Crippen LogP contribution in [-0.4, -0.2) is 12.9 Å². The number of hydrogen-bond donors (Lipinski definition) is 0. The van der Waals surface area contributed by atoms with E-state index in [4.69, 9.17) is 9.47 Å². The van der Waals surface area contributed by atoms with Crippen LogP contribution in [-0.2, 0) is 9.53 Å². The van der Waals surface area contributed by atoms with Crippen LogP contribution < -0.4 is 4.74 Å². The summed E-state index contributed by atoms with van der Waals surface area (Å²) in [4.78, 5) is 11.4. The lowest BCUT2D eigenvalue weighted by Gasteiger charge is -2.13. The first-order valence-corrected chi connectivity index (χ1v) is 6.07. The van der Waals surface area contributed by atoms with E-state index < -0.39 is 0 Å². The number of ether oxygens (including phenoxy) is 2. The highest BCUT2D eigenvalue weighted by Crippen LogP contribution is 2.20. The Kier molecular flexibility index (Phi) is 5.43. The van der Waals surface area contributed by atoms with Gasteiger partial charge in [0.2, 0.25) is 0 Å². The molecule has 98 valence electrons. The lowest BCUT2D eigenvalue weighted by atomic mass is 10.1. The molecule has 0 saturated carbocycles. The molecule has 0 aromatic heterocycles. The first-order valence-electron chi connectivity index (χ1n) is 6.07. The Morgan fingerprint density at radius 1 is 1.33 bits per heavy atom. The van der Waals surface area contributed by atoms with Crippen molar-refractivity contribution in [1.82, 2.24) is 0 Å². The van der Waals surface area contributed by atoms with Crippen molar-refractivity contribution in [2.75, 3.05) is 7.11 Å². The van der Waals surface area contributed by atoms with Crippen LogP contribution in [0.25, 0.3) is 0 Å². The van der Waals surface area contributed by atoms with Crippen LogP contribution in [0, 0.1) is 0 Å². The minimum Gasteiger partial charge on any atom is -0.497 e. The summed E-state index contributed by atoms with van der Waals surface area (Å²) in [5.74, 6) is 0.927. The number of benzene rings is 1. The van der Waals surface area contributed by atoms with Gasteiger partial charge in [-0.1, -0.05) is 19.1 Å². The molecule has 0 aliphatic heterocycles. The predicted molar refractivity (Wildman–Crippen MR) is 71.5 cm³/mol. The van der Waals surface area contributed by atoms with Crippen molar-refractivity contribution in [3.8, 4) is 5.75 Å². The number of methoxy groups -OCH3 is 1. The molecule has 1 aromatic carbocycles. The molecule has 0 heterocycles. The van der Waals surface area contributed by atoms with Gasteiger partial charge in [-0.3, -0.25) is 4.79 Å². The minimum absolute atomic E-state index is 0.0875. The van der Waals surface area contributed by atoms with Crippen molar-refractivity contribution in [3.63, 3.8) is 0 Å². The summed E-state index contributed by atoms with van der Waals surface area (Å²) >= 11 is 0. The summed E-state index contributed by atoms with van der Waals surface area (Å²) in [6.07, 6.45) is 1.96. The first kappa shape index (κ1) is 14.3. The number of Topliss-reactive ketones (excluding diaryl/α,β-unsaturated/α-hetero) is 1. The van der Waals surface area contributed by atoms with Gasteiger partial charge in [0, 0.05) is 12.0 Å². The molecular weight excluding hydrogens is 228 g/mol. The molecule has 0 fully saturated rings. The van der Waals surface area contributed by atoms with Crippen molar-refractivity contribution in [2.45, 2.75) is 33.3 Å². The normalized spacial score (nSPS) is 13.0. The molecule has 0 spiro atoms. The molecule has 0 radical (unpaired) electrons. The van der Waals surface area contributed by atoms with Gasteiger partial charge in [0.1, 0.15) is 11.9 Å². The molecule has 0 saturated heterocycles. The average Bonchev–Trinajstić information content (AvgIpc) is 2.43. The highest BCUT2D eigenvalue weighted by Gasteiger charge is 2.06. The minimum atomic E-state index is -0.0875. The van der Waals surface area contributed by atoms with Gasteiger partial charge in [-0.2, -0.15) is 0 Å². The van der Waals surface area contributed by atoms with Gasteiger partial charge in [-0.15, -0.1) is 0 Å². The number of rotatable bonds is 6. The number of carbonyl (C=O) groups excluding carboxylic acids is 1. The third kappa shape index (κ3) is 3.91. The third-order valence-electron chi connectivity index (χ3n) is 2.80. The Labute approximate surface area is 108 Å². The van der Waals surface area contributed by atoms with Crippen LogP contribution in [0.3, 0.4) is 0 Å². The summed E-state index contributed by atoms with van der Waals surface area (Å²) in [7, 11) is 1.64. The molecule has 0 amide bonds. The van der Waals surface area contributed by atoms with E-state index in [9.17, 15) is 4.79 Å². The maximum atomic E-state index is 11.4. The molecule has 0 unspecified atom stereocenters. The molecule has 1 atom stereocenters. The molecular formula is C15H20O3. The number of allylic oxidation sites excluding steroid dienone is 1. The van der Waals surface area contributed by atoms with Crippen LogP contribution in [0.5, 0.6) is 5.75 Å². The lowest BCUT2D eigenvalue weighted by molar-refractivity contribution is -0.115. The molecule has 0 bridgehead atoms. The van der Waals surface area contributed by atoms with Crippen LogP contribution in [0.2, 0.25) is 0 Å². The summed E-state index contributed by atoms with van der Waals surface area (Å²) in [5.41, 5.74) is 1.70. The van der Waals surface area contributed by atoms with Crippen LogP contribution in [0.15, 0.2) is 36.1 Å². The highest BCUT2D eigenvalue weighted by atomic mass is 16.5. The van der Waals surface area contributed by atoms with Gasteiger partial charge < -0.3 is 9.47 Å². The van der Waals surface area contributed by atoms with Gasteiger partial charge >= 0.3 is 0 Å². The topological polar surface area (TPSA) is 35.5 Å². The quantitative estimate of drug-likeness (QED) is 0.569. The summed E-state index contributed by atoms with van der Waals surface area (Å²) < 4.78 is 10.7. The lowest BCUT2D eigenvalue weighted by Crippen LogP contribution is -2.00. The van der Waals surface area contributed by atoms with Crippen molar-refractivity contribution >= 4 is 5.78 Å². The van der Waals surface area contributed by atoms with Gasteiger partial charge in [-0.05, 0) is 31.5 Å². The second-order valence-corrected chi connectivity index (χ2v) is 4.13. The second-order valence-electron chi connectivity index (χ2n) is 4.13. The SMILES string of the molecule is CCC(=O)/C(C)=C/O[C@H](C)c1ccc(OC)cc1. The standard InChI is InChI=1S/C15H20O3/c1-5-15(16)11(2)10-18-12(3)13-6-8-14(17-4)9-7-13/h6-10,12H,5H2,1-4H3/b11-10+/t12-/m1/s1. The molecule has 3 nitrogen and oxygen atoms in total. The second kappa shape index (κ2) is 6.84. The van der Waals surface area contributed by atoms with E-state index in [-0.39, 0.29) is 11.9 Å². The molecule has 3 heteroatoms. The molecule has 1 rings (SSSR count). The Hall–Kier alpha value is -1.77. The Morgan fingerprint density at radius 2 is 1.94 bits per heavy atom. The maximum absolute atomic E-state index is 11.4. The first-order chi connectivity index (χ1) is 8.58. The average molecular weight is 248 g/mol. The van der Waals surface area contributed by atoms with E-state index in [1.165, 1.54) is 0 Å². The Balaban J connectivity index is 2.64. The highest BCUT2D eigenvalue weighted by molar-refractivity contribution is 5.94. The van der Waals surface area contributed by atoms with Gasteiger partial charge in [0.15, 0.2) is 5.78 Å². The monoisotopic (exact) mass is 248 g/mol. The van der Waals surface area contributed by atoms with Crippen molar-refractivity contribution in [3.05, 3.63) is 41.7 Å². The fraction of sp³-hybridized carbons (Fsp3) is 0.400. The summed E-state index contributed by atoms with van der Waals surface area (Å²) in [6, 6.07) is 7.69. The largest absolute Gasteiger partial charge is 0.497 e. The zero-order chi connectivity index (χ0) is 13.5. The van der Waals surface area contributed by atoms with Crippen molar-refractivity contribution < 1.29 is 14.3 Å². The zero-order valence-corrected chi connectivity index (χ0v) is 11.4. The van der Waals surface area contributed by atoms with Crippen LogP contribution in [0.1, 0.15) is 38.9 Å². The fourth-order valence-corrected chi connectivity index (χ4v) is 1.50. The molecule has 0 aliphatic carbocycles. The van der Waals surface area contributed by atoms with E-state index in [2.05, 4.69) is 0 Å². The number of hydrogen-bond acceptors (Lipinski definition) is 3. The van der Waals surface area contributed by atoms with E-state index in [1.54, 1.807) is 20.3 Å². The fourth-order valence-electron chi connectivity index (χ4n) is 1.50. The van der Waals surface area contributed by atoms with E-state index in [0.717, 1.165) is 11.3 Å². The number of ketones is 1. The summed E-state index contributed by atoms with van der Waals surface area (Å²) in [5, 5.41) is 0. The molecule has 0 aliphatic rings.